The second-order valence-electron chi connectivity index (χ2n) is 6.36. The van der Waals surface area contributed by atoms with E-state index >= 15 is 0 Å². The Kier molecular flexibility index (Phi) is 7.26. The molecule has 0 aliphatic carbocycles. The van der Waals surface area contributed by atoms with E-state index in [1.54, 1.807) is 19.9 Å². The van der Waals surface area contributed by atoms with Gasteiger partial charge in [0.1, 0.15) is 0 Å². The summed E-state index contributed by atoms with van der Waals surface area (Å²) in [6, 6.07) is 11.2. The molecule has 3 rings (SSSR count). The summed E-state index contributed by atoms with van der Waals surface area (Å²) in [7, 11) is -3.90. The van der Waals surface area contributed by atoms with E-state index in [2.05, 4.69) is 20.0 Å². The highest BCUT2D eigenvalue weighted by Gasteiger charge is 2.17. The van der Waals surface area contributed by atoms with Gasteiger partial charge in [-0.3, -0.25) is 14.9 Å². The van der Waals surface area contributed by atoms with Crippen LogP contribution in [-0.4, -0.2) is 29.2 Å². The molecule has 3 aromatic rings. The standard InChI is InChI=1S/C19H17N5O5S.ClH/c1-12-11-14(3-8-17(12)24(26)27)18(25)22-15-4-6-16(7-5-15)30(28,29)23-19-20-10-9-13(2)21-19;/h3-11H,1-2H3,(H,22,25)(H,20,21,23);1H. The molecule has 162 valence electrons. The monoisotopic (exact) mass is 463 g/mol. The SMILES string of the molecule is Cc1ccnc(NS(=O)(=O)c2ccc(NC(=O)c3ccc([N+](=O)[O-])c(C)c3)cc2)n1.Cl. The highest BCUT2D eigenvalue weighted by Crippen LogP contribution is 2.21. The summed E-state index contributed by atoms with van der Waals surface area (Å²) in [5.41, 5.74) is 1.50. The van der Waals surface area contributed by atoms with Gasteiger partial charge in [0.2, 0.25) is 5.95 Å². The predicted octanol–water partition coefficient (Wildman–Crippen LogP) is 3.48. The Morgan fingerprint density at radius 2 is 1.74 bits per heavy atom. The minimum atomic E-state index is -3.90. The molecule has 0 atom stereocenters. The Bertz CT molecular complexity index is 1230. The first-order valence-electron chi connectivity index (χ1n) is 8.64. The van der Waals surface area contributed by atoms with Crippen LogP contribution in [0.25, 0.3) is 0 Å². The number of nitrogens with one attached hydrogen (secondary N) is 2. The van der Waals surface area contributed by atoms with E-state index in [1.165, 1.54) is 48.7 Å². The number of nitro groups is 1. The summed E-state index contributed by atoms with van der Waals surface area (Å²) in [5, 5.41) is 13.5. The number of amides is 1. The van der Waals surface area contributed by atoms with Crippen LogP contribution in [0.3, 0.4) is 0 Å². The molecule has 0 aliphatic rings. The number of nitrogens with zero attached hydrogens (tertiary/aromatic N) is 3. The topological polar surface area (TPSA) is 144 Å². The minimum absolute atomic E-state index is 0. The van der Waals surface area contributed by atoms with Crippen LogP contribution < -0.4 is 10.0 Å². The summed E-state index contributed by atoms with van der Waals surface area (Å²) < 4.78 is 27.2. The van der Waals surface area contributed by atoms with Crippen LogP contribution in [0.1, 0.15) is 21.6 Å². The summed E-state index contributed by atoms with van der Waals surface area (Å²) in [6.07, 6.45) is 1.44. The second-order valence-corrected chi connectivity index (χ2v) is 8.05. The molecule has 0 aliphatic heterocycles. The molecule has 10 nitrogen and oxygen atoms in total. The predicted molar refractivity (Wildman–Crippen MR) is 117 cm³/mol. The van der Waals surface area contributed by atoms with Crippen molar-refractivity contribution in [3.63, 3.8) is 0 Å². The highest BCUT2D eigenvalue weighted by atomic mass is 35.5. The normalized spacial score (nSPS) is 10.6. The number of aromatic nitrogens is 2. The number of hydrogen-bond donors (Lipinski definition) is 2. The van der Waals surface area contributed by atoms with Gasteiger partial charge in [-0.25, -0.2) is 23.1 Å². The smallest absolute Gasteiger partial charge is 0.272 e. The molecule has 0 saturated heterocycles. The fourth-order valence-corrected chi connectivity index (χ4v) is 3.55. The molecule has 2 aromatic carbocycles. The number of benzene rings is 2. The van der Waals surface area contributed by atoms with Crippen LogP contribution in [0, 0.1) is 24.0 Å². The van der Waals surface area contributed by atoms with Crippen molar-refractivity contribution in [1.82, 2.24) is 9.97 Å². The van der Waals surface area contributed by atoms with Gasteiger partial charge in [0.25, 0.3) is 21.6 Å². The molecule has 1 heterocycles. The molecule has 2 N–H and O–H groups in total. The lowest BCUT2D eigenvalue weighted by Gasteiger charge is -2.09. The molecule has 1 amide bonds. The van der Waals surface area contributed by atoms with Crippen LogP contribution in [-0.2, 0) is 10.0 Å². The number of carbonyl (C=O) groups is 1. The third kappa shape index (κ3) is 5.74. The molecule has 0 unspecified atom stereocenters. The van der Waals surface area contributed by atoms with Crippen LogP contribution in [0.5, 0.6) is 0 Å². The highest BCUT2D eigenvalue weighted by molar-refractivity contribution is 7.92. The van der Waals surface area contributed by atoms with Crippen LogP contribution in [0.2, 0.25) is 0 Å². The van der Waals surface area contributed by atoms with E-state index in [0.717, 1.165) is 0 Å². The first-order valence-corrected chi connectivity index (χ1v) is 10.1. The number of anilines is 2. The maximum Gasteiger partial charge on any atom is 0.272 e. The van der Waals surface area contributed by atoms with E-state index < -0.39 is 20.9 Å². The van der Waals surface area contributed by atoms with E-state index in [4.69, 9.17) is 0 Å². The van der Waals surface area contributed by atoms with Crippen LogP contribution in [0.15, 0.2) is 59.6 Å². The molecule has 0 spiro atoms. The maximum atomic E-state index is 12.5. The Morgan fingerprint density at radius 1 is 1.06 bits per heavy atom. The van der Waals surface area contributed by atoms with Gasteiger partial charge in [0.05, 0.1) is 9.82 Å². The van der Waals surface area contributed by atoms with Crippen LogP contribution in [0.4, 0.5) is 17.3 Å². The number of aryl methyl sites for hydroxylation is 2. The van der Waals surface area contributed by atoms with Crippen molar-refractivity contribution in [2.45, 2.75) is 18.7 Å². The van der Waals surface area contributed by atoms with E-state index in [0.29, 0.717) is 16.9 Å². The van der Waals surface area contributed by atoms with Gasteiger partial charge in [-0.15, -0.1) is 12.4 Å². The molecule has 1 aromatic heterocycles. The average molecular weight is 464 g/mol. The minimum Gasteiger partial charge on any atom is -0.322 e. The molecule has 0 radical (unpaired) electrons. The zero-order valence-corrected chi connectivity index (χ0v) is 18.0. The van der Waals surface area contributed by atoms with Crippen LogP contribution >= 0.6 is 12.4 Å². The lowest BCUT2D eigenvalue weighted by atomic mass is 10.1. The third-order valence-electron chi connectivity index (χ3n) is 4.10. The van der Waals surface area contributed by atoms with Gasteiger partial charge in [-0.1, -0.05) is 0 Å². The van der Waals surface area contributed by atoms with Crippen molar-refractivity contribution in [2.75, 3.05) is 10.0 Å². The largest absolute Gasteiger partial charge is 0.322 e. The number of hydrogen-bond acceptors (Lipinski definition) is 7. The number of sulfonamides is 1. The Balaban J connectivity index is 0.00000341. The molecular weight excluding hydrogens is 446 g/mol. The maximum absolute atomic E-state index is 12.5. The van der Waals surface area contributed by atoms with Crippen molar-refractivity contribution in [3.8, 4) is 0 Å². The number of carbonyl (C=O) groups excluding carboxylic acids is 1. The van der Waals surface area contributed by atoms with Crippen molar-refractivity contribution >= 4 is 45.7 Å². The second kappa shape index (κ2) is 9.49. The fourth-order valence-electron chi connectivity index (χ4n) is 2.60. The molecule has 31 heavy (non-hydrogen) atoms. The van der Waals surface area contributed by atoms with Crippen molar-refractivity contribution in [3.05, 3.63) is 81.7 Å². The summed E-state index contributed by atoms with van der Waals surface area (Å²) in [4.78, 5) is 30.6. The van der Waals surface area contributed by atoms with Gasteiger partial charge in [0.15, 0.2) is 0 Å². The number of nitro benzene ring substituents is 1. The van der Waals surface area contributed by atoms with Gasteiger partial charge < -0.3 is 5.32 Å². The van der Waals surface area contributed by atoms with Crippen molar-refractivity contribution < 1.29 is 18.1 Å². The first-order chi connectivity index (χ1) is 14.2. The zero-order chi connectivity index (χ0) is 21.9. The Hall–Kier alpha value is -3.57. The Morgan fingerprint density at radius 3 is 2.32 bits per heavy atom. The van der Waals surface area contributed by atoms with Crippen molar-refractivity contribution in [2.24, 2.45) is 0 Å². The fraction of sp³-hybridized carbons (Fsp3) is 0.105. The summed E-state index contributed by atoms with van der Waals surface area (Å²) in [6.45, 7) is 3.25. The zero-order valence-electron chi connectivity index (χ0n) is 16.4. The molecule has 0 saturated carbocycles. The van der Waals surface area contributed by atoms with E-state index in [1.807, 2.05) is 0 Å². The molecule has 0 bridgehead atoms. The van der Waals surface area contributed by atoms with E-state index in [-0.39, 0.29) is 34.5 Å². The summed E-state index contributed by atoms with van der Waals surface area (Å²) >= 11 is 0. The molecule has 0 fully saturated rings. The van der Waals surface area contributed by atoms with Gasteiger partial charge in [-0.05, 0) is 56.3 Å². The summed E-state index contributed by atoms with van der Waals surface area (Å²) in [5.74, 6) is -0.518. The average Bonchev–Trinajstić information content (AvgIpc) is 2.67. The Labute approximate surface area is 184 Å². The van der Waals surface area contributed by atoms with Gasteiger partial charge in [-0.2, -0.15) is 0 Å². The quantitative estimate of drug-likeness (QED) is 0.420. The number of halogens is 1. The molecule has 12 heteroatoms. The van der Waals surface area contributed by atoms with Gasteiger partial charge in [0, 0.05) is 34.8 Å². The molecular formula is C19H18ClN5O5S. The third-order valence-corrected chi connectivity index (χ3v) is 5.44. The van der Waals surface area contributed by atoms with Crippen molar-refractivity contribution in [1.29, 1.82) is 0 Å². The first kappa shape index (κ1) is 23.7. The van der Waals surface area contributed by atoms with E-state index in [9.17, 15) is 23.3 Å². The number of rotatable bonds is 6. The lowest BCUT2D eigenvalue weighted by molar-refractivity contribution is -0.385. The van der Waals surface area contributed by atoms with Gasteiger partial charge >= 0.3 is 0 Å². The lowest BCUT2D eigenvalue weighted by Crippen LogP contribution is -2.16.